The molecule has 2 N–H and O–H groups in total. The molecule has 9 heteroatoms. The fraction of sp³-hybridized carbons (Fsp3) is 0.350. The Kier molecular flexibility index (Phi) is 5.76. The van der Waals surface area contributed by atoms with Gasteiger partial charge in [0.15, 0.2) is 5.82 Å². The lowest BCUT2D eigenvalue weighted by Crippen LogP contribution is -2.36. The van der Waals surface area contributed by atoms with Crippen LogP contribution in [0.5, 0.6) is 5.75 Å². The van der Waals surface area contributed by atoms with E-state index in [4.69, 9.17) is 9.26 Å². The van der Waals surface area contributed by atoms with Crippen LogP contribution >= 0.6 is 0 Å². The number of aromatic amines is 1. The van der Waals surface area contributed by atoms with Gasteiger partial charge in [-0.2, -0.15) is 10.1 Å². The molecule has 9 nitrogen and oxygen atoms in total. The molecule has 1 aromatic carbocycles. The van der Waals surface area contributed by atoms with Crippen LogP contribution in [0.25, 0.3) is 17.7 Å². The molecule has 0 saturated heterocycles. The van der Waals surface area contributed by atoms with E-state index in [1.54, 1.807) is 13.2 Å². The second-order valence-electron chi connectivity index (χ2n) is 7.68. The van der Waals surface area contributed by atoms with Gasteiger partial charge in [-0.05, 0) is 30.5 Å². The van der Waals surface area contributed by atoms with Crippen molar-refractivity contribution in [2.45, 2.75) is 33.7 Å². The number of benzene rings is 1. The van der Waals surface area contributed by atoms with E-state index in [1.165, 1.54) is 12.4 Å². The molecule has 0 spiro atoms. The first-order valence-electron chi connectivity index (χ1n) is 9.10. The van der Waals surface area contributed by atoms with Gasteiger partial charge in [0.25, 0.3) is 0 Å². The second-order valence-corrected chi connectivity index (χ2v) is 7.68. The summed E-state index contributed by atoms with van der Waals surface area (Å²) in [5.41, 5.74) is 1.53. The number of aryl methyl sites for hydroxylation is 1. The minimum absolute atomic E-state index is 0.279. The standard InChI is InChI=1S/C20H24N6O3/c1-12-6-8-14(28-5)13(10-12)7-9-15(27)23-16(20(2,3)4)19-24-18(26-29-19)17-21-11-22-25-17/h6-11,16H,1-5H3,(H,23,27)(H,21,22,25). The fourth-order valence-electron chi connectivity index (χ4n) is 2.75. The van der Waals surface area contributed by atoms with Gasteiger partial charge in [-0.3, -0.25) is 9.89 Å². The molecule has 1 atom stereocenters. The first kappa shape index (κ1) is 20.2. The van der Waals surface area contributed by atoms with Crippen molar-refractivity contribution in [3.05, 3.63) is 47.6 Å². The van der Waals surface area contributed by atoms with Crippen molar-refractivity contribution in [1.29, 1.82) is 0 Å². The Morgan fingerprint density at radius 3 is 2.79 bits per heavy atom. The molecule has 3 rings (SSSR count). The molecule has 1 unspecified atom stereocenters. The van der Waals surface area contributed by atoms with Crippen LogP contribution in [0.1, 0.15) is 43.8 Å². The average Bonchev–Trinajstić information content (AvgIpc) is 3.35. The van der Waals surface area contributed by atoms with Crippen LogP contribution < -0.4 is 10.1 Å². The Hall–Kier alpha value is -3.49. The Balaban J connectivity index is 1.79. The van der Waals surface area contributed by atoms with Crippen molar-refractivity contribution in [2.75, 3.05) is 7.11 Å². The largest absolute Gasteiger partial charge is 0.496 e. The summed E-state index contributed by atoms with van der Waals surface area (Å²) >= 11 is 0. The van der Waals surface area contributed by atoms with E-state index in [9.17, 15) is 4.79 Å². The third-order valence-corrected chi connectivity index (χ3v) is 4.27. The minimum atomic E-state index is -0.497. The maximum Gasteiger partial charge on any atom is 0.250 e. The molecular formula is C20H24N6O3. The number of H-pyrrole nitrogens is 1. The SMILES string of the molecule is COc1ccc(C)cc1C=CC(=O)NC(c1nc(-c2ncn[nH]2)no1)C(C)(C)C. The summed E-state index contributed by atoms with van der Waals surface area (Å²) in [5, 5.41) is 13.3. The summed E-state index contributed by atoms with van der Waals surface area (Å²) in [7, 11) is 1.60. The van der Waals surface area contributed by atoms with Gasteiger partial charge in [-0.15, -0.1) is 0 Å². The van der Waals surface area contributed by atoms with Gasteiger partial charge >= 0.3 is 0 Å². The van der Waals surface area contributed by atoms with E-state index in [0.717, 1.165) is 11.1 Å². The third-order valence-electron chi connectivity index (χ3n) is 4.27. The number of carbonyl (C=O) groups is 1. The van der Waals surface area contributed by atoms with Crippen LogP contribution in [0.3, 0.4) is 0 Å². The van der Waals surface area contributed by atoms with E-state index in [1.807, 2.05) is 45.9 Å². The fourth-order valence-corrected chi connectivity index (χ4v) is 2.75. The smallest absolute Gasteiger partial charge is 0.250 e. The number of rotatable bonds is 6. The van der Waals surface area contributed by atoms with E-state index >= 15 is 0 Å². The predicted molar refractivity (Wildman–Crippen MR) is 107 cm³/mol. The molecule has 3 aromatic rings. The van der Waals surface area contributed by atoms with Gasteiger partial charge < -0.3 is 14.6 Å². The number of hydrogen-bond donors (Lipinski definition) is 2. The number of nitrogens with one attached hydrogen (secondary N) is 2. The number of aromatic nitrogens is 5. The van der Waals surface area contributed by atoms with E-state index in [-0.39, 0.29) is 17.1 Å². The maximum absolute atomic E-state index is 12.6. The summed E-state index contributed by atoms with van der Waals surface area (Å²) < 4.78 is 10.7. The zero-order valence-corrected chi connectivity index (χ0v) is 17.1. The van der Waals surface area contributed by atoms with Gasteiger partial charge in [-0.1, -0.05) is 37.6 Å². The van der Waals surface area contributed by atoms with Crippen molar-refractivity contribution >= 4 is 12.0 Å². The highest BCUT2D eigenvalue weighted by Crippen LogP contribution is 2.32. The summed E-state index contributed by atoms with van der Waals surface area (Å²) in [6.07, 6.45) is 4.54. The molecule has 0 saturated carbocycles. The number of nitrogens with zero attached hydrogens (tertiary/aromatic N) is 4. The minimum Gasteiger partial charge on any atom is -0.496 e. The van der Waals surface area contributed by atoms with Crippen LogP contribution in [-0.2, 0) is 4.79 Å². The van der Waals surface area contributed by atoms with Crippen molar-refractivity contribution in [1.82, 2.24) is 30.6 Å². The Morgan fingerprint density at radius 2 is 2.14 bits per heavy atom. The molecule has 0 fully saturated rings. The van der Waals surface area contributed by atoms with Crippen LogP contribution in [-0.4, -0.2) is 38.3 Å². The topological polar surface area (TPSA) is 119 Å². The molecule has 0 bridgehead atoms. The highest BCUT2D eigenvalue weighted by molar-refractivity contribution is 5.92. The van der Waals surface area contributed by atoms with E-state index < -0.39 is 6.04 Å². The third kappa shape index (κ3) is 4.87. The van der Waals surface area contributed by atoms with Crippen molar-refractivity contribution < 1.29 is 14.1 Å². The Labute approximate surface area is 168 Å². The highest BCUT2D eigenvalue weighted by atomic mass is 16.5. The maximum atomic E-state index is 12.6. The molecule has 2 heterocycles. The zero-order valence-electron chi connectivity index (χ0n) is 17.1. The molecule has 1 amide bonds. The summed E-state index contributed by atoms with van der Waals surface area (Å²) in [6, 6.07) is 5.27. The van der Waals surface area contributed by atoms with Gasteiger partial charge in [0, 0.05) is 11.6 Å². The molecule has 0 aliphatic heterocycles. The lowest BCUT2D eigenvalue weighted by atomic mass is 9.86. The zero-order chi connectivity index (χ0) is 21.0. The van der Waals surface area contributed by atoms with Crippen LogP contribution in [0.4, 0.5) is 0 Å². The average molecular weight is 396 g/mol. The number of methoxy groups -OCH3 is 1. The van der Waals surface area contributed by atoms with Crippen LogP contribution in [0, 0.1) is 12.3 Å². The number of amides is 1. The first-order chi connectivity index (χ1) is 13.8. The summed E-state index contributed by atoms with van der Waals surface area (Å²) in [4.78, 5) is 21.0. The number of ether oxygens (including phenoxy) is 1. The summed E-state index contributed by atoms with van der Waals surface area (Å²) in [6.45, 7) is 7.91. The van der Waals surface area contributed by atoms with Crippen LogP contribution in [0.2, 0.25) is 0 Å². The molecule has 29 heavy (non-hydrogen) atoms. The molecular weight excluding hydrogens is 372 g/mol. The van der Waals surface area contributed by atoms with Gasteiger partial charge in [-0.25, -0.2) is 4.98 Å². The molecule has 2 aromatic heterocycles. The number of hydrogen-bond acceptors (Lipinski definition) is 7. The molecule has 0 radical (unpaired) electrons. The predicted octanol–water partition coefficient (Wildman–Crippen LogP) is 3.09. The second kappa shape index (κ2) is 8.26. The monoisotopic (exact) mass is 396 g/mol. The summed E-state index contributed by atoms with van der Waals surface area (Å²) in [5.74, 6) is 1.37. The van der Waals surface area contributed by atoms with Crippen molar-refractivity contribution in [3.8, 4) is 17.4 Å². The molecule has 152 valence electrons. The Bertz CT molecular complexity index is 1000. The quantitative estimate of drug-likeness (QED) is 0.615. The lowest BCUT2D eigenvalue weighted by Gasteiger charge is -2.27. The molecule has 0 aliphatic carbocycles. The van der Waals surface area contributed by atoms with Gasteiger partial charge in [0.1, 0.15) is 18.1 Å². The normalized spacial score (nSPS) is 12.9. The van der Waals surface area contributed by atoms with Crippen molar-refractivity contribution in [2.24, 2.45) is 5.41 Å². The lowest BCUT2D eigenvalue weighted by molar-refractivity contribution is -0.118. The Morgan fingerprint density at radius 1 is 1.34 bits per heavy atom. The first-order valence-corrected chi connectivity index (χ1v) is 9.10. The van der Waals surface area contributed by atoms with Crippen molar-refractivity contribution in [3.63, 3.8) is 0 Å². The van der Waals surface area contributed by atoms with Gasteiger partial charge in [0.2, 0.25) is 17.6 Å². The van der Waals surface area contributed by atoms with Gasteiger partial charge in [0.05, 0.1) is 7.11 Å². The highest BCUT2D eigenvalue weighted by Gasteiger charge is 2.32. The molecule has 0 aliphatic rings. The van der Waals surface area contributed by atoms with E-state index in [0.29, 0.717) is 17.5 Å². The van der Waals surface area contributed by atoms with Crippen LogP contribution in [0.15, 0.2) is 35.1 Å². The van der Waals surface area contributed by atoms with E-state index in [2.05, 4.69) is 30.6 Å². The number of carbonyl (C=O) groups excluding carboxylic acids is 1.